The second kappa shape index (κ2) is 7.02. The lowest BCUT2D eigenvalue weighted by Gasteiger charge is -2.21. The van der Waals surface area contributed by atoms with Gasteiger partial charge >= 0.3 is 0 Å². The van der Waals surface area contributed by atoms with Gasteiger partial charge in [0.25, 0.3) is 0 Å². The Morgan fingerprint density at radius 1 is 1.04 bits per heavy atom. The van der Waals surface area contributed by atoms with Gasteiger partial charge in [-0.25, -0.2) is 8.42 Å². The summed E-state index contributed by atoms with van der Waals surface area (Å²) >= 11 is 0. The summed E-state index contributed by atoms with van der Waals surface area (Å²) in [5.41, 5.74) is 1.92. The number of H-pyrrole nitrogens is 1. The Labute approximate surface area is 149 Å². The van der Waals surface area contributed by atoms with Crippen molar-refractivity contribution in [2.75, 3.05) is 13.6 Å². The lowest BCUT2D eigenvalue weighted by Crippen LogP contribution is -2.28. The Morgan fingerprint density at radius 3 is 2.44 bits per heavy atom. The first kappa shape index (κ1) is 17.7. The molecular formula is C20H24N2O2S. The van der Waals surface area contributed by atoms with Crippen molar-refractivity contribution in [1.29, 1.82) is 0 Å². The standard InChI is InChI=1S/C20H24N2O2S/c1-15(2)22(3)13-12-16-8-7-11-18-20(16)19(14-21-18)25(23,24)17-9-5-4-6-10-17/h4-11,14-15,21H,12-13H2,1-3H3. The topological polar surface area (TPSA) is 53.2 Å². The number of aromatic amines is 1. The van der Waals surface area contributed by atoms with Crippen molar-refractivity contribution in [1.82, 2.24) is 9.88 Å². The fourth-order valence-corrected chi connectivity index (χ4v) is 4.42. The quantitative estimate of drug-likeness (QED) is 0.729. The van der Waals surface area contributed by atoms with Crippen LogP contribution in [0.3, 0.4) is 0 Å². The summed E-state index contributed by atoms with van der Waals surface area (Å²) in [4.78, 5) is 6.06. The molecule has 0 aliphatic heterocycles. The van der Waals surface area contributed by atoms with Gasteiger partial charge in [0.05, 0.1) is 9.79 Å². The minimum atomic E-state index is -3.54. The second-order valence-electron chi connectivity index (χ2n) is 6.63. The molecule has 0 atom stereocenters. The van der Waals surface area contributed by atoms with Crippen LogP contribution >= 0.6 is 0 Å². The number of nitrogens with one attached hydrogen (secondary N) is 1. The smallest absolute Gasteiger partial charge is 0.208 e. The van der Waals surface area contributed by atoms with Gasteiger partial charge in [0, 0.05) is 29.7 Å². The van der Waals surface area contributed by atoms with E-state index in [1.165, 1.54) is 0 Å². The summed E-state index contributed by atoms with van der Waals surface area (Å²) in [6.07, 6.45) is 2.42. The molecule has 2 aromatic carbocycles. The monoisotopic (exact) mass is 356 g/mol. The summed E-state index contributed by atoms with van der Waals surface area (Å²) in [7, 11) is -1.46. The Bertz CT molecular complexity index is 960. The molecule has 0 aliphatic carbocycles. The molecule has 0 fully saturated rings. The second-order valence-corrected chi connectivity index (χ2v) is 8.55. The molecule has 0 saturated heterocycles. The fraction of sp³-hybridized carbons (Fsp3) is 0.300. The van der Waals surface area contributed by atoms with Crippen molar-refractivity contribution in [2.45, 2.75) is 36.1 Å². The van der Waals surface area contributed by atoms with Gasteiger partial charge < -0.3 is 9.88 Å². The third kappa shape index (κ3) is 3.48. The summed E-state index contributed by atoms with van der Waals surface area (Å²) in [6, 6.07) is 15.0. The molecule has 0 radical (unpaired) electrons. The van der Waals surface area contributed by atoms with Gasteiger partial charge in [-0.05, 0) is 51.1 Å². The van der Waals surface area contributed by atoms with Crippen LogP contribution in [0.25, 0.3) is 10.9 Å². The Hall–Kier alpha value is -2.11. The molecule has 0 saturated carbocycles. The highest BCUT2D eigenvalue weighted by Gasteiger charge is 2.23. The first-order valence-corrected chi connectivity index (χ1v) is 9.99. The number of rotatable bonds is 6. The molecule has 3 rings (SSSR count). The summed E-state index contributed by atoms with van der Waals surface area (Å²) in [5, 5.41) is 0.809. The van der Waals surface area contributed by atoms with Crippen LogP contribution in [0.15, 0.2) is 64.5 Å². The van der Waals surface area contributed by atoms with E-state index in [1.54, 1.807) is 30.5 Å². The van der Waals surface area contributed by atoms with Crippen molar-refractivity contribution in [3.8, 4) is 0 Å². The predicted molar refractivity (Wildman–Crippen MR) is 102 cm³/mol. The Kier molecular flexibility index (Phi) is 4.97. The number of fused-ring (bicyclic) bond motifs is 1. The van der Waals surface area contributed by atoms with Gasteiger partial charge in [-0.3, -0.25) is 0 Å². The molecule has 0 aliphatic rings. The number of hydrogen-bond acceptors (Lipinski definition) is 3. The Balaban J connectivity index is 2.06. The fourth-order valence-electron chi connectivity index (χ4n) is 2.93. The average Bonchev–Trinajstić information content (AvgIpc) is 3.05. The molecule has 0 unspecified atom stereocenters. The molecule has 0 amide bonds. The molecule has 0 spiro atoms. The predicted octanol–water partition coefficient (Wildman–Crippen LogP) is 3.88. The minimum Gasteiger partial charge on any atom is -0.360 e. The van der Waals surface area contributed by atoms with Crippen molar-refractivity contribution < 1.29 is 8.42 Å². The maximum atomic E-state index is 13.1. The molecule has 5 heteroatoms. The highest BCUT2D eigenvalue weighted by molar-refractivity contribution is 7.91. The van der Waals surface area contributed by atoms with Crippen LogP contribution in [0.1, 0.15) is 19.4 Å². The average molecular weight is 356 g/mol. The molecule has 4 nitrogen and oxygen atoms in total. The first-order chi connectivity index (χ1) is 11.9. The zero-order chi connectivity index (χ0) is 18.0. The first-order valence-electron chi connectivity index (χ1n) is 8.50. The van der Waals surface area contributed by atoms with Crippen molar-refractivity contribution in [3.63, 3.8) is 0 Å². The van der Waals surface area contributed by atoms with Crippen LogP contribution in [-0.2, 0) is 16.3 Å². The van der Waals surface area contributed by atoms with E-state index in [0.29, 0.717) is 15.8 Å². The van der Waals surface area contributed by atoms with E-state index in [0.717, 1.165) is 29.4 Å². The van der Waals surface area contributed by atoms with E-state index in [9.17, 15) is 8.42 Å². The SMILES string of the molecule is CC(C)N(C)CCc1cccc2[nH]cc(S(=O)(=O)c3ccccc3)c12. The zero-order valence-corrected chi connectivity index (χ0v) is 15.7. The number of nitrogens with zero attached hydrogens (tertiary/aromatic N) is 1. The van der Waals surface area contributed by atoms with Crippen molar-refractivity contribution >= 4 is 20.7 Å². The van der Waals surface area contributed by atoms with Crippen LogP contribution < -0.4 is 0 Å². The Morgan fingerprint density at radius 2 is 1.76 bits per heavy atom. The third-order valence-corrected chi connectivity index (χ3v) is 6.51. The highest BCUT2D eigenvalue weighted by Crippen LogP contribution is 2.31. The van der Waals surface area contributed by atoms with E-state index in [-0.39, 0.29) is 0 Å². The molecule has 1 heterocycles. The summed E-state index contributed by atoms with van der Waals surface area (Å²) in [5.74, 6) is 0. The van der Waals surface area contributed by atoms with Gasteiger partial charge in [0.15, 0.2) is 0 Å². The zero-order valence-electron chi connectivity index (χ0n) is 14.9. The number of hydrogen-bond donors (Lipinski definition) is 1. The third-order valence-electron chi connectivity index (χ3n) is 4.71. The van der Waals surface area contributed by atoms with Crippen LogP contribution in [0, 0.1) is 0 Å². The highest BCUT2D eigenvalue weighted by atomic mass is 32.2. The molecule has 132 valence electrons. The van der Waals surface area contributed by atoms with Gasteiger partial charge in [-0.1, -0.05) is 30.3 Å². The van der Waals surface area contributed by atoms with E-state index in [4.69, 9.17) is 0 Å². The van der Waals surface area contributed by atoms with Crippen molar-refractivity contribution in [2.24, 2.45) is 0 Å². The number of aromatic nitrogens is 1. The molecule has 3 aromatic rings. The number of sulfone groups is 1. The maximum Gasteiger partial charge on any atom is 0.208 e. The normalized spacial score (nSPS) is 12.4. The van der Waals surface area contributed by atoms with Gasteiger partial charge in [0.2, 0.25) is 9.84 Å². The van der Waals surface area contributed by atoms with Gasteiger partial charge in [0.1, 0.15) is 0 Å². The van der Waals surface area contributed by atoms with Crippen LogP contribution in [-0.4, -0.2) is 37.9 Å². The van der Waals surface area contributed by atoms with Crippen LogP contribution in [0.2, 0.25) is 0 Å². The minimum absolute atomic E-state index is 0.324. The van der Waals surface area contributed by atoms with E-state index < -0.39 is 9.84 Å². The lowest BCUT2D eigenvalue weighted by atomic mass is 10.1. The van der Waals surface area contributed by atoms with Gasteiger partial charge in [-0.2, -0.15) is 0 Å². The lowest BCUT2D eigenvalue weighted by molar-refractivity contribution is 0.278. The van der Waals surface area contributed by atoms with E-state index in [2.05, 4.69) is 30.8 Å². The molecular weight excluding hydrogens is 332 g/mol. The maximum absolute atomic E-state index is 13.1. The van der Waals surface area contributed by atoms with Crippen LogP contribution in [0.5, 0.6) is 0 Å². The van der Waals surface area contributed by atoms with E-state index in [1.807, 2.05) is 24.3 Å². The molecule has 0 bridgehead atoms. The summed E-state index contributed by atoms with van der Waals surface area (Å²) in [6.45, 7) is 5.19. The van der Waals surface area contributed by atoms with E-state index >= 15 is 0 Å². The molecule has 1 aromatic heterocycles. The summed E-state index contributed by atoms with van der Waals surface area (Å²) < 4.78 is 26.2. The van der Waals surface area contributed by atoms with Crippen molar-refractivity contribution in [3.05, 3.63) is 60.3 Å². The molecule has 1 N–H and O–H groups in total. The van der Waals surface area contributed by atoms with Crippen LogP contribution in [0.4, 0.5) is 0 Å². The number of likely N-dealkylation sites (N-methyl/N-ethyl adjacent to an activating group) is 1. The largest absolute Gasteiger partial charge is 0.360 e. The molecule has 25 heavy (non-hydrogen) atoms. The number of benzene rings is 2. The van der Waals surface area contributed by atoms with Gasteiger partial charge in [-0.15, -0.1) is 0 Å².